The smallest absolute Gasteiger partial charge is 0.338 e. The summed E-state index contributed by atoms with van der Waals surface area (Å²) in [7, 11) is 0. The molecule has 2 heterocycles. The Kier molecular flexibility index (Phi) is 5.42. The lowest BCUT2D eigenvalue weighted by Crippen LogP contribution is -2.30. The highest BCUT2D eigenvalue weighted by molar-refractivity contribution is 6.22. The van der Waals surface area contributed by atoms with Crippen molar-refractivity contribution >= 4 is 29.3 Å². The normalized spacial score (nSPS) is 21.0. The van der Waals surface area contributed by atoms with Crippen LogP contribution in [0.4, 0.5) is 5.69 Å². The maximum Gasteiger partial charge on any atom is 0.338 e. The first-order valence-corrected chi connectivity index (χ1v) is 10.8. The molecule has 1 fully saturated rings. The Morgan fingerprint density at radius 1 is 0.848 bits per heavy atom. The molecule has 0 bridgehead atoms. The Bertz CT molecular complexity index is 1140. The molecule has 0 N–H and O–H groups in total. The number of rotatable bonds is 5. The van der Waals surface area contributed by atoms with E-state index in [4.69, 9.17) is 14.2 Å². The quantitative estimate of drug-likeness (QED) is 0.301. The lowest BCUT2D eigenvalue weighted by atomic mass is 9.85. The predicted octanol–water partition coefficient (Wildman–Crippen LogP) is 2.95. The zero-order valence-electron chi connectivity index (χ0n) is 17.7. The number of Topliss-reactive ketones (excluding diaryl/α,β-unsaturated/α-hetero) is 1. The molecule has 2 aromatic carbocycles. The first-order chi connectivity index (χ1) is 16.0. The van der Waals surface area contributed by atoms with Crippen LogP contribution in [-0.4, -0.2) is 43.4 Å². The highest BCUT2D eigenvalue weighted by Gasteiger charge is 2.47. The molecule has 2 aliphatic heterocycles. The number of ketones is 1. The summed E-state index contributed by atoms with van der Waals surface area (Å²) in [5, 5.41) is 0. The van der Waals surface area contributed by atoms with Gasteiger partial charge in [-0.1, -0.05) is 12.2 Å². The molecule has 0 spiro atoms. The molecule has 0 aromatic heterocycles. The Morgan fingerprint density at radius 2 is 1.45 bits per heavy atom. The minimum atomic E-state index is -0.676. The third kappa shape index (κ3) is 3.88. The van der Waals surface area contributed by atoms with E-state index in [0.717, 1.165) is 0 Å². The van der Waals surface area contributed by atoms with Gasteiger partial charge >= 0.3 is 5.97 Å². The van der Waals surface area contributed by atoms with Crippen LogP contribution in [0.5, 0.6) is 11.5 Å². The van der Waals surface area contributed by atoms with E-state index in [1.807, 2.05) is 12.2 Å². The molecular weight excluding hydrogens is 426 g/mol. The van der Waals surface area contributed by atoms with Crippen LogP contribution in [0.2, 0.25) is 0 Å². The van der Waals surface area contributed by atoms with E-state index in [0.29, 0.717) is 48.8 Å². The Hall–Kier alpha value is -3.94. The lowest BCUT2D eigenvalue weighted by molar-refractivity contribution is -0.122. The fraction of sp³-hybridized carbons (Fsp3) is 0.280. The van der Waals surface area contributed by atoms with E-state index in [-0.39, 0.29) is 35.0 Å². The monoisotopic (exact) mass is 447 g/mol. The summed E-state index contributed by atoms with van der Waals surface area (Å²) >= 11 is 0. The summed E-state index contributed by atoms with van der Waals surface area (Å²) in [6.07, 6.45) is 4.99. The van der Waals surface area contributed by atoms with Crippen molar-refractivity contribution in [3.8, 4) is 11.5 Å². The number of anilines is 1. The van der Waals surface area contributed by atoms with Gasteiger partial charge in [0.1, 0.15) is 13.2 Å². The summed E-state index contributed by atoms with van der Waals surface area (Å²) in [6, 6.07) is 10.8. The number of benzene rings is 2. The number of hydrogen-bond acceptors (Lipinski definition) is 7. The van der Waals surface area contributed by atoms with E-state index in [9.17, 15) is 19.2 Å². The summed E-state index contributed by atoms with van der Waals surface area (Å²) in [5.41, 5.74) is 0.986. The zero-order chi connectivity index (χ0) is 22.9. The first kappa shape index (κ1) is 20.9. The van der Waals surface area contributed by atoms with Crippen molar-refractivity contribution in [2.24, 2.45) is 11.8 Å². The highest BCUT2D eigenvalue weighted by atomic mass is 16.6. The minimum Gasteiger partial charge on any atom is -0.486 e. The van der Waals surface area contributed by atoms with Gasteiger partial charge in [0.25, 0.3) is 0 Å². The van der Waals surface area contributed by atoms with Gasteiger partial charge in [0, 0.05) is 5.56 Å². The summed E-state index contributed by atoms with van der Waals surface area (Å²) in [5.74, 6) is -1.07. The number of hydrogen-bond donors (Lipinski definition) is 0. The fourth-order valence-corrected chi connectivity index (χ4v) is 4.32. The van der Waals surface area contributed by atoms with Gasteiger partial charge in [-0.15, -0.1) is 0 Å². The second kappa shape index (κ2) is 8.54. The van der Waals surface area contributed by atoms with Crippen LogP contribution in [-0.2, 0) is 14.3 Å². The number of amides is 2. The number of nitrogens with zero attached hydrogens (tertiary/aromatic N) is 1. The second-order valence-electron chi connectivity index (χ2n) is 8.07. The molecule has 1 aliphatic carbocycles. The molecule has 8 heteroatoms. The molecule has 2 atom stereocenters. The van der Waals surface area contributed by atoms with Crippen LogP contribution in [0.15, 0.2) is 54.6 Å². The SMILES string of the molecule is O=C(COC(=O)c1ccc(N2C(=O)C3CC=CCC3C2=O)cc1)c1ccc2c(c1)OCCO2. The van der Waals surface area contributed by atoms with Gasteiger partial charge in [-0.3, -0.25) is 19.3 Å². The summed E-state index contributed by atoms with van der Waals surface area (Å²) < 4.78 is 16.1. The van der Waals surface area contributed by atoms with Gasteiger partial charge in [-0.25, -0.2) is 4.79 Å². The average Bonchev–Trinajstić information content (AvgIpc) is 3.12. The van der Waals surface area contributed by atoms with Crippen molar-refractivity contribution < 1.29 is 33.4 Å². The topological polar surface area (TPSA) is 99.2 Å². The molecule has 2 unspecified atom stereocenters. The maximum atomic E-state index is 12.7. The Labute approximate surface area is 189 Å². The van der Waals surface area contributed by atoms with Crippen LogP contribution in [0.1, 0.15) is 33.6 Å². The Balaban J connectivity index is 1.22. The van der Waals surface area contributed by atoms with Crippen molar-refractivity contribution in [3.63, 3.8) is 0 Å². The van der Waals surface area contributed by atoms with Crippen molar-refractivity contribution in [2.45, 2.75) is 12.8 Å². The van der Waals surface area contributed by atoms with E-state index in [2.05, 4.69) is 0 Å². The molecule has 8 nitrogen and oxygen atoms in total. The number of allylic oxidation sites excluding steroid dienone is 2. The summed E-state index contributed by atoms with van der Waals surface area (Å²) in [6.45, 7) is 0.428. The number of carbonyl (C=O) groups excluding carboxylic acids is 4. The number of fused-ring (bicyclic) bond motifs is 2. The van der Waals surface area contributed by atoms with E-state index in [1.54, 1.807) is 30.3 Å². The van der Waals surface area contributed by atoms with Crippen molar-refractivity contribution in [2.75, 3.05) is 24.7 Å². The first-order valence-electron chi connectivity index (χ1n) is 10.8. The Morgan fingerprint density at radius 3 is 2.12 bits per heavy atom. The standard InChI is InChI=1S/C25H21NO7/c27-20(16-7-10-21-22(13-16)32-12-11-31-21)14-33-25(30)15-5-8-17(9-6-15)26-23(28)18-3-1-2-4-19(18)24(26)29/h1-2,5-10,13,18-19H,3-4,11-12,14H2. The van der Waals surface area contributed by atoms with E-state index < -0.39 is 12.6 Å². The van der Waals surface area contributed by atoms with Gasteiger partial charge in [-0.05, 0) is 55.3 Å². The molecule has 33 heavy (non-hydrogen) atoms. The molecule has 0 saturated carbocycles. The minimum absolute atomic E-state index is 0.213. The van der Waals surface area contributed by atoms with Crippen LogP contribution < -0.4 is 14.4 Å². The fourth-order valence-electron chi connectivity index (χ4n) is 4.32. The van der Waals surface area contributed by atoms with E-state index in [1.165, 1.54) is 17.0 Å². The van der Waals surface area contributed by atoms with Gasteiger partial charge < -0.3 is 14.2 Å². The van der Waals surface area contributed by atoms with Gasteiger partial charge in [0.15, 0.2) is 23.9 Å². The van der Waals surface area contributed by atoms with Gasteiger partial charge in [0.2, 0.25) is 11.8 Å². The lowest BCUT2D eigenvalue weighted by Gasteiger charge is -2.18. The van der Waals surface area contributed by atoms with Crippen LogP contribution in [0.25, 0.3) is 0 Å². The molecular formula is C25H21NO7. The summed E-state index contributed by atoms with van der Waals surface area (Å²) in [4.78, 5) is 51.4. The van der Waals surface area contributed by atoms with Crippen molar-refractivity contribution in [1.29, 1.82) is 0 Å². The largest absolute Gasteiger partial charge is 0.486 e. The van der Waals surface area contributed by atoms with Crippen molar-refractivity contribution in [3.05, 3.63) is 65.7 Å². The third-order valence-electron chi connectivity index (χ3n) is 6.07. The maximum absolute atomic E-state index is 12.7. The molecule has 0 radical (unpaired) electrons. The number of imide groups is 1. The second-order valence-corrected chi connectivity index (χ2v) is 8.07. The van der Waals surface area contributed by atoms with E-state index >= 15 is 0 Å². The van der Waals surface area contributed by atoms with Crippen LogP contribution in [0, 0.1) is 11.8 Å². The zero-order valence-corrected chi connectivity index (χ0v) is 17.7. The predicted molar refractivity (Wildman–Crippen MR) is 116 cm³/mol. The number of ether oxygens (including phenoxy) is 3. The van der Waals surface area contributed by atoms with Crippen molar-refractivity contribution in [1.82, 2.24) is 0 Å². The number of carbonyl (C=O) groups is 4. The third-order valence-corrected chi connectivity index (χ3v) is 6.07. The molecule has 2 amide bonds. The van der Waals surface area contributed by atoms with Crippen LogP contribution in [0.3, 0.4) is 0 Å². The average molecular weight is 447 g/mol. The molecule has 168 valence electrons. The van der Waals surface area contributed by atoms with Gasteiger partial charge in [0.05, 0.1) is 23.1 Å². The highest BCUT2D eigenvalue weighted by Crippen LogP contribution is 2.37. The molecule has 3 aliphatic rings. The molecule has 5 rings (SSSR count). The molecule has 2 aromatic rings. The van der Waals surface area contributed by atoms with Gasteiger partial charge in [-0.2, -0.15) is 0 Å². The van der Waals surface area contributed by atoms with Crippen LogP contribution >= 0.6 is 0 Å². The molecule has 1 saturated heterocycles. The number of esters is 1.